The van der Waals surface area contributed by atoms with Gasteiger partial charge < -0.3 is 0 Å². The lowest BCUT2D eigenvalue weighted by molar-refractivity contribution is 0.110. The highest BCUT2D eigenvalue weighted by molar-refractivity contribution is 7.90. The fourth-order valence-corrected chi connectivity index (χ4v) is 3.40. The van der Waals surface area contributed by atoms with Crippen LogP contribution in [0.15, 0.2) is 0 Å². The lowest BCUT2D eigenvalue weighted by Gasteiger charge is -2.21. The summed E-state index contributed by atoms with van der Waals surface area (Å²) in [6, 6.07) is 0. The van der Waals surface area contributed by atoms with Crippen LogP contribution in [0, 0.1) is 0 Å². The maximum atomic E-state index is 11.4. The number of aldehydes is 1. The van der Waals surface area contributed by atoms with E-state index in [-0.39, 0.29) is 17.0 Å². The van der Waals surface area contributed by atoms with E-state index in [4.69, 9.17) is 0 Å². The SMILES string of the molecule is CC(C)(C)n1nc2c(c1C=O)CS(=O)(=O)C2. The van der Waals surface area contributed by atoms with E-state index in [0.29, 0.717) is 23.2 Å². The van der Waals surface area contributed by atoms with Crippen LogP contribution < -0.4 is 0 Å². The molecule has 1 aliphatic heterocycles. The Morgan fingerprint density at radius 1 is 1.31 bits per heavy atom. The van der Waals surface area contributed by atoms with E-state index in [9.17, 15) is 13.2 Å². The fraction of sp³-hybridized carbons (Fsp3) is 0.600. The van der Waals surface area contributed by atoms with Crippen molar-refractivity contribution in [3.8, 4) is 0 Å². The van der Waals surface area contributed by atoms with Crippen LogP contribution in [0.25, 0.3) is 0 Å². The second kappa shape index (κ2) is 3.16. The van der Waals surface area contributed by atoms with E-state index in [1.165, 1.54) is 0 Å². The van der Waals surface area contributed by atoms with Gasteiger partial charge in [0.1, 0.15) is 5.69 Å². The van der Waals surface area contributed by atoms with Crippen LogP contribution in [0.2, 0.25) is 0 Å². The largest absolute Gasteiger partial charge is 0.296 e. The number of hydrogen-bond donors (Lipinski definition) is 0. The number of sulfone groups is 1. The van der Waals surface area contributed by atoms with Gasteiger partial charge >= 0.3 is 0 Å². The molecular formula is C10H14N2O3S. The highest BCUT2D eigenvalue weighted by Gasteiger charge is 2.34. The molecule has 2 heterocycles. The second-order valence-corrected chi connectivity index (χ2v) is 7.11. The molecule has 0 unspecified atom stereocenters. The van der Waals surface area contributed by atoms with Crippen LogP contribution in [-0.2, 0) is 26.9 Å². The van der Waals surface area contributed by atoms with E-state index in [1.807, 2.05) is 20.8 Å². The molecule has 0 aliphatic carbocycles. The summed E-state index contributed by atoms with van der Waals surface area (Å²) in [4.78, 5) is 11.1. The van der Waals surface area contributed by atoms with Gasteiger partial charge in [-0.3, -0.25) is 9.48 Å². The second-order valence-electron chi connectivity index (χ2n) is 5.04. The molecule has 0 bridgehead atoms. The Kier molecular flexibility index (Phi) is 2.24. The summed E-state index contributed by atoms with van der Waals surface area (Å²) < 4.78 is 24.4. The molecule has 5 nitrogen and oxygen atoms in total. The number of nitrogens with zero attached hydrogens (tertiary/aromatic N) is 2. The zero-order valence-electron chi connectivity index (χ0n) is 9.52. The average Bonchev–Trinajstić information content (AvgIpc) is 2.54. The maximum Gasteiger partial charge on any atom is 0.168 e. The normalized spacial score (nSPS) is 18.4. The Balaban J connectivity index is 2.62. The first kappa shape index (κ1) is 11.3. The topological polar surface area (TPSA) is 69.0 Å². The van der Waals surface area contributed by atoms with E-state index in [2.05, 4.69) is 5.10 Å². The summed E-state index contributed by atoms with van der Waals surface area (Å²) in [5, 5.41) is 4.23. The molecule has 0 fully saturated rings. The van der Waals surface area contributed by atoms with E-state index >= 15 is 0 Å². The molecule has 0 saturated heterocycles. The summed E-state index contributed by atoms with van der Waals surface area (Å²) in [5.74, 6) is -0.112. The maximum absolute atomic E-state index is 11.4. The molecule has 0 amide bonds. The van der Waals surface area contributed by atoms with Crippen molar-refractivity contribution in [1.82, 2.24) is 9.78 Å². The Hall–Kier alpha value is -1.17. The Labute approximate surface area is 94.4 Å². The van der Waals surface area contributed by atoms with Gasteiger partial charge in [-0.2, -0.15) is 5.10 Å². The molecule has 0 radical (unpaired) electrons. The van der Waals surface area contributed by atoms with Gasteiger partial charge in [0.2, 0.25) is 0 Å². The smallest absolute Gasteiger partial charge is 0.168 e. The van der Waals surface area contributed by atoms with Crippen molar-refractivity contribution < 1.29 is 13.2 Å². The van der Waals surface area contributed by atoms with Crippen LogP contribution >= 0.6 is 0 Å². The Morgan fingerprint density at radius 3 is 2.44 bits per heavy atom. The molecule has 0 N–H and O–H groups in total. The molecule has 0 spiro atoms. The predicted molar refractivity (Wildman–Crippen MR) is 58.9 cm³/mol. The van der Waals surface area contributed by atoms with Crippen LogP contribution in [-0.4, -0.2) is 24.5 Å². The van der Waals surface area contributed by atoms with Crippen molar-refractivity contribution in [1.29, 1.82) is 0 Å². The van der Waals surface area contributed by atoms with Crippen LogP contribution in [0.1, 0.15) is 42.5 Å². The zero-order chi connectivity index (χ0) is 12.1. The lowest BCUT2D eigenvalue weighted by Crippen LogP contribution is -2.26. The lowest BCUT2D eigenvalue weighted by atomic mass is 10.1. The molecule has 2 rings (SSSR count). The van der Waals surface area contributed by atoms with Crippen molar-refractivity contribution in [2.75, 3.05) is 0 Å². The molecule has 6 heteroatoms. The molecule has 88 valence electrons. The monoisotopic (exact) mass is 242 g/mol. The number of hydrogen-bond acceptors (Lipinski definition) is 4. The molecule has 1 aromatic rings. The summed E-state index contributed by atoms with van der Waals surface area (Å²) in [6.45, 7) is 5.78. The van der Waals surface area contributed by atoms with Crippen molar-refractivity contribution in [2.24, 2.45) is 0 Å². The Morgan fingerprint density at radius 2 is 1.94 bits per heavy atom. The van der Waals surface area contributed by atoms with E-state index < -0.39 is 9.84 Å². The van der Waals surface area contributed by atoms with Gasteiger partial charge in [-0.15, -0.1) is 0 Å². The van der Waals surface area contributed by atoms with E-state index in [1.54, 1.807) is 4.68 Å². The molecule has 16 heavy (non-hydrogen) atoms. The van der Waals surface area contributed by atoms with Crippen molar-refractivity contribution in [3.63, 3.8) is 0 Å². The summed E-state index contributed by atoms with van der Waals surface area (Å²) >= 11 is 0. The minimum absolute atomic E-state index is 0.0494. The first-order valence-corrected chi connectivity index (χ1v) is 6.83. The third-order valence-corrected chi connectivity index (χ3v) is 4.02. The Bertz CT molecular complexity index is 549. The minimum Gasteiger partial charge on any atom is -0.296 e. The van der Waals surface area contributed by atoms with Crippen LogP contribution in [0.4, 0.5) is 0 Å². The molecule has 0 aromatic carbocycles. The number of carbonyl (C=O) groups is 1. The quantitative estimate of drug-likeness (QED) is 0.685. The van der Waals surface area contributed by atoms with E-state index in [0.717, 1.165) is 0 Å². The third kappa shape index (κ3) is 1.67. The number of fused-ring (bicyclic) bond motifs is 1. The molecular weight excluding hydrogens is 228 g/mol. The molecule has 0 saturated carbocycles. The summed E-state index contributed by atoms with van der Waals surface area (Å²) in [6.07, 6.45) is 0.692. The summed E-state index contributed by atoms with van der Waals surface area (Å²) in [5.41, 5.74) is 1.18. The van der Waals surface area contributed by atoms with Crippen molar-refractivity contribution in [3.05, 3.63) is 17.0 Å². The molecule has 0 atom stereocenters. The van der Waals surface area contributed by atoms with Crippen molar-refractivity contribution in [2.45, 2.75) is 37.8 Å². The highest BCUT2D eigenvalue weighted by atomic mass is 32.2. The molecule has 1 aliphatic rings. The number of rotatable bonds is 1. The summed E-state index contributed by atoms with van der Waals surface area (Å²) in [7, 11) is -3.09. The van der Waals surface area contributed by atoms with Crippen LogP contribution in [0.3, 0.4) is 0 Å². The van der Waals surface area contributed by atoms with Crippen molar-refractivity contribution >= 4 is 16.1 Å². The highest BCUT2D eigenvalue weighted by Crippen LogP contribution is 2.29. The fourth-order valence-electron chi connectivity index (χ4n) is 1.90. The number of aromatic nitrogens is 2. The third-order valence-electron chi connectivity index (χ3n) is 2.57. The van der Waals surface area contributed by atoms with Gasteiger partial charge in [0.15, 0.2) is 16.1 Å². The van der Waals surface area contributed by atoms with Crippen LogP contribution in [0.5, 0.6) is 0 Å². The van der Waals surface area contributed by atoms with Gasteiger partial charge in [-0.25, -0.2) is 8.42 Å². The van der Waals surface area contributed by atoms with Gasteiger partial charge in [0.25, 0.3) is 0 Å². The zero-order valence-corrected chi connectivity index (χ0v) is 10.3. The van der Waals surface area contributed by atoms with Gasteiger partial charge in [-0.05, 0) is 20.8 Å². The first-order valence-electron chi connectivity index (χ1n) is 5.01. The number of carbonyl (C=O) groups excluding carboxylic acids is 1. The molecule has 1 aromatic heterocycles. The minimum atomic E-state index is -3.09. The van der Waals surface area contributed by atoms with Gasteiger partial charge in [0, 0.05) is 5.56 Å². The predicted octanol–water partition coefficient (Wildman–Crippen LogP) is 0.879. The van der Waals surface area contributed by atoms with Gasteiger partial charge in [-0.1, -0.05) is 0 Å². The van der Waals surface area contributed by atoms with Gasteiger partial charge in [0.05, 0.1) is 22.7 Å². The first-order chi connectivity index (χ1) is 7.24. The standard InChI is InChI=1S/C10H14N2O3S/c1-10(2,3)12-9(4-13)7-5-16(14,15)6-8(7)11-12/h4H,5-6H2,1-3H3. The average molecular weight is 242 g/mol.